The first-order chi connectivity index (χ1) is 8.72. The maximum Gasteiger partial charge on any atom is 0.257 e. The molecule has 1 saturated heterocycles. The Morgan fingerprint density at radius 1 is 1.61 bits per heavy atom. The molecule has 0 unspecified atom stereocenters. The lowest BCUT2D eigenvalue weighted by Gasteiger charge is -2.31. The number of rotatable bonds is 3. The molecule has 2 N–H and O–H groups in total. The SMILES string of the molecule is CCCc1ncncc1C(=O)N1CCC[C@@H](N)C1. The van der Waals surface area contributed by atoms with Gasteiger partial charge in [0.1, 0.15) is 6.33 Å². The molecular weight excluding hydrogens is 228 g/mol. The molecule has 1 aromatic heterocycles. The summed E-state index contributed by atoms with van der Waals surface area (Å²) in [5.74, 6) is 0.0224. The lowest BCUT2D eigenvalue weighted by Crippen LogP contribution is -2.46. The molecule has 0 spiro atoms. The van der Waals surface area contributed by atoms with Crippen LogP contribution < -0.4 is 5.73 Å². The summed E-state index contributed by atoms with van der Waals surface area (Å²) >= 11 is 0. The zero-order valence-corrected chi connectivity index (χ0v) is 10.8. The summed E-state index contributed by atoms with van der Waals surface area (Å²) in [7, 11) is 0. The summed E-state index contributed by atoms with van der Waals surface area (Å²) in [6.07, 6.45) is 6.88. The average Bonchev–Trinajstić information content (AvgIpc) is 2.39. The van der Waals surface area contributed by atoms with E-state index in [4.69, 9.17) is 5.73 Å². The van der Waals surface area contributed by atoms with Crippen LogP contribution in [-0.4, -0.2) is 39.9 Å². The van der Waals surface area contributed by atoms with Gasteiger partial charge in [0.05, 0.1) is 11.3 Å². The first-order valence-corrected chi connectivity index (χ1v) is 6.56. The minimum Gasteiger partial charge on any atom is -0.337 e. The van der Waals surface area contributed by atoms with Crippen LogP contribution in [0.15, 0.2) is 12.5 Å². The lowest BCUT2D eigenvalue weighted by molar-refractivity contribution is 0.0706. The van der Waals surface area contributed by atoms with Crippen LogP contribution in [0.2, 0.25) is 0 Å². The molecule has 18 heavy (non-hydrogen) atoms. The number of piperidine rings is 1. The van der Waals surface area contributed by atoms with Crippen molar-refractivity contribution in [3.63, 3.8) is 0 Å². The zero-order valence-electron chi connectivity index (χ0n) is 10.8. The highest BCUT2D eigenvalue weighted by Crippen LogP contribution is 2.15. The molecule has 2 rings (SSSR count). The molecule has 1 aliphatic rings. The van der Waals surface area contributed by atoms with E-state index in [1.54, 1.807) is 6.20 Å². The van der Waals surface area contributed by atoms with Crippen molar-refractivity contribution < 1.29 is 4.79 Å². The van der Waals surface area contributed by atoms with Crippen LogP contribution in [0.3, 0.4) is 0 Å². The Labute approximate surface area is 107 Å². The highest BCUT2D eigenvalue weighted by atomic mass is 16.2. The van der Waals surface area contributed by atoms with Gasteiger partial charge in [-0.1, -0.05) is 13.3 Å². The van der Waals surface area contributed by atoms with Gasteiger partial charge in [0.15, 0.2) is 0 Å². The normalized spacial score (nSPS) is 19.9. The standard InChI is InChI=1S/C13H20N4O/c1-2-4-12-11(7-15-9-16-12)13(18)17-6-3-5-10(14)8-17/h7,9-10H,2-6,8,14H2,1H3/t10-/m1/s1. The van der Waals surface area contributed by atoms with E-state index < -0.39 is 0 Å². The van der Waals surface area contributed by atoms with Crippen LogP contribution in [0.25, 0.3) is 0 Å². The minimum atomic E-state index is 0.0224. The summed E-state index contributed by atoms with van der Waals surface area (Å²) in [4.78, 5) is 22.4. The molecule has 0 bridgehead atoms. The van der Waals surface area contributed by atoms with Gasteiger partial charge < -0.3 is 10.6 Å². The Morgan fingerprint density at radius 2 is 2.44 bits per heavy atom. The molecule has 5 nitrogen and oxygen atoms in total. The fourth-order valence-electron chi connectivity index (χ4n) is 2.33. The Bertz CT molecular complexity index is 421. The number of nitrogens with two attached hydrogens (primary N) is 1. The molecule has 1 amide bonds. The van der Waals surface area contributed by atoms with Crippen LogP contribution in [0.4, 0.5) is 0 Å². The van der Waals surface area contributed by atoms with E-state index in [0.717, 1.165) is 37.9 Å². The molecule has 1 aromatic rings. The molecular formula is C13H20N4O. The lowest BCUT2D eigenvalue weighted by atomic mass is 10.0. The topological polar surface area (TPSA) is 72.1 Å². The monoisotopic (exact) mass is 248 g/mol. The molecule has 0 aromatic carbocycles. The first-order valence-electron chi connectivity index (χ1n) is 6.56. The van der Waals surface area contributed by atoms with Gasteiger partial charge in [-0.2, -0.15) is 0 Å². The maximum atomic E-state index is 12.4. The van der Waals surface area contributed by atoms with Gasteiger partial charge in [0.25, 0.3) is 5.91 Å². The van der Waals surface area contributed by atoms with Gasteiger partial charge >= 0.3 is 0 Å². The van der Waals surface area contributed by atoms with Crippen LogP contribution >= 0.6 is 0 Å². The van der Waals surface area contributed by atoms with Crippen molar-refractivity contribution in [3.8, 4) is 0 Å². The third kappa shape index (κ3) is 2.85. The van der Waals surface area contributed by atoms with Gasteiger partial charge in [0.2, 0.25) is 0 Å². The molecule has 5 heteroatoms. The van der Waals surface area contributed by atoms with Crippen LogP contribution in [0.1, 0.15) is 42.2 Å². The number of carbonyl (C=O) groups excluding carboxylic acids is 1. The average molecular weight is 248 g/mol. The molecule has 2 heterocycles. The Hall–Kier alpha value is -1.49. The van der Waals surface area contributed by atoms with Gasteiger partial charge in [-0.3, -0.25) is 4.79 Å². The predicted molar refractivity (Wildman–Crippen MR) is 69.1 cm³/mol. The van der Waals surface area contributed by atoms with Crippen molar-refractivity contribution in [2.75, 3.05) is 13.1 Å². The molecule has 98 valence electrons. The Kier molecular flexibility index (Phi) is 4.25. The van der Waals surface area contributed by atoms with Gasteiger partial charge in [-0.15, -0.1) is 0 Å². The van der Waals surface area contributed by atoms with Crippen molar-refractivity contribution in [2.45, 2.75) is 38.6 Å². The molecule has 1 atom stereocenters. The van der Waals surface area contributed by atoms with E-state index in [-0.39, 0.29) is 11.9 Å². The third-order valence-electron chi connectivity index (χ3n) is 3.26. The molecule has 0 saturated carbocycles. The van der Waals surface area contributed by atoms with E-state index in [2.05, 4.69) is 16.9 Å². The van der Waals surface area contributed by atoms with Gasteiger partial charge in [-0.05, 0) is 19.3 Å². The fourth-order valence-corrected chi connectivity index (χ4v) is 2.33. The largest absolute Gasteiger partial charge is 0.337 e. The summed E-state index contributed by atoms with van der Waals surface area (Å²) in [6.45, 7) is 3.50. The molecule has 1 aliphatic heterocycles. The van der Waals surface area contributed by atoms with Crippen LogP contribution in [0.5, 0.6) is 0 Å². The Balaban J connectivity index is 2.17. The van der Waals surface area contributed by atoms with Gasteiger partial charge in [0, 0.05) is 25.3 Å². The van der Waals surface area contributed by atoms with Crippen LogP contribution in [-0.2, 0) is 6.42 Å². The number of hydrogen-bond donors (Lipinski definition) is 1. The van der Waals surface area contributed by atoms with E-state index >= 15 is 0 Å². The summed E-state index contributed by atoms with van der Waals surface area (Å²) in [5, 5.41) is 0. The number of hydrogen-bond acceptors (Lipinski definition) is 4. The number of likely N-dealkylation sites (tertiary alicyclic amines) is 1. The van der Waals surface area contributed by atoms with E-state index in [9.17, 15) is 4.79 Å². The summed E-state index contributed by atoms with van der Waals surface area (Å²) in [6, 6.07) is 0.0990. The fraction of sp³-hybridized carbons (Fsp3) is 0.615. The minimum absolute atomic E-state index is 0.0224. The van der Waals surface area contributed by atoms with E-state index in [1.165, 1.54) is 6.33 Å². The highest BCUT2D eigenvalue weighted by molar-refractivity contribution is 5.95. The summed E-state index contributed by atoms with van der Waals surface area (Å²) < 4.78 is 0. The number of nitrogens with zero attached hydrogens (tertiary/aromatic N) is 3. The Morgan fingerprint density at radius 3 is 3.17 bits per heavy atom. The molecule has 1 fully saturated rings. The number of carbonyl (C=O) groups is 1. The molecule has 0 radical (unpaired) electrons. The van der Waals surface area contributed by atoms with Gasteiger partial charge in [-0.25, -0.2) is 9.97 Å². The van der Waals surface area contributed by atoms with E-state index in [0.29, 0.717) is 12.1 Å². The number of aromatic nitrogens is 2. The van der Waals surface area contributed by atoms with Crippen LogP contribution in [0, 0.1) is 0 Å². The van der Waals surface area contributed by atoms with Crippen molar-refractivity contribution in [1.82, 2.24) is 14.9 Å². The quantitative estimate of drug-likeness (QED) is 0.866. The number of aryl methyl sites for hydroxylation is 1. The second kappa shape index (κ2) is 5.91. The number of amides is 1. The second-order valence-corrected chi connectivity index (χ2v) is 4.79. The van der Waals surface area contributed by atoms with Crippen molar-refractivity contribution >= 4 is 5.91 Å². The predicted octanol–water partition coefficient (Wildman–Crippen LogP) is 0.992. The second-order valence-electron chi connectivity index (χ2n) is 4.79. The smallest absolute Gasteiger partial charge is 0.257 e. The molecule has 0 aliphatic carbocycles. The van der Waals surface area contributed by atoms with Crippen molar-refractivity contribution in [2.24, 2.45) is 5.73 Å². The van der Waals surface area contributed by atoms with Crippen molar-refractivity contribution in [3.05, 3.63) is 23.8 Å². The third-order valence-corrected chi connectivity index (χ3v) is 3.26. The summed E-state index contributed by atoms with van der Waals surface area (Å²) in [5.41, 5.74) is 7.39. The highest BCUT2D eigenvalue weighted by Gasteiger charge is 2.24. The first kappa shape index (κ1) is 13.0. The maximum absolute atomic E-state index is 12.4. The van der Waals surface area contributed by atoms with Crippen molar-refractivity contribution in [1.29, 1.82) is 0 Å². The van der Waals surface area contributed by atoms with E-state index in [1.807, 2.05) is 4.90 Å². The zero-order chi connectivity index (χ0) is 13.0.